The molecule has 4 atom stereocenters. The first-order chi connectivity index (χ1) is 13.1. The van der Waals surface area contributed by atoms with E-state index in [-0.39, 0.29) is 30.0 Å². The zero-order chi connectivity index (χ0) is 18.9. The van der Waals surface area contributed by atoms with Gasteiger partial charge in [0.15, 0.2) is 0 Å². The van der Waals surface area contributed by atoms with Gasteiger partial charge in [-0.05, 0) is 30.5 Å². The Bertz CT molecular complexity index is 708. The van der Waals surface area contributed by atoms with Gasteiger partial charge in [-0.3, -0.25) is 9.69 Å². The maximum Gasteiger partial charge on any atom is 0.245 e. The second-order valence-corrected chi connectivity index (χ2v) is 7.92. The summed E-state index contributed by atoms with van der Waals surface area (Å²) in [6, 6.07) is 6.53. The number of nitrogens with zero attached hydrogens (tertiary/aromatic N) is 1. The van der Waals surface area contributed by atoms with Gasteiger partial charge in [-0.25, -0.2) is 4.39 Å². The van der Waals surface area contributed by atoms with Crippen LogP contribution in [0.15, 0.2) is 30.3 Å². The number of amides is 1. The van der Waals surface area contributed by atoms with Crippen molar-refractivity contribution < 1.29 is 18.7 Å². The topological polar surface area (TPSA) is 50.8 Å². The zero-order valence-corrected chi connectivity index (χ0v) is 15.7. The number of halogens is 1. The second-order valence-electron chi connectivity index (χ2n) is 7.92. The van der Waals surface area contributed by atoms with Gasteiger partial charge < -0.3 is 14.8 Å². The molecular formula is C21H27FN2O3. The number of hydrogen-bond donors (Lipinski definition) is 1. The lowest BCUT2D eigenvalue weighted by Gasteiger charge is -2.29. The van der Waals surface area contributed by atoms with Gasteiger partial charge >= 0.3 is 0 Å². The SMILES string of the molecule is COCC(=O)NC[C@H]1[C@H]2CN(C/C=C/c3ccc(F)cc3)C[C@]23CC[C@H]1O3. The number of nitrogens with one attached hydrogen (secondary N) is 1. The van der Waals surface area contributed by atoms with E-state index < -0.39 is 0 Å². The normalized spacial score (nSPS) is 32.3. The van der Waals surface area contributed by atoms with Crippen molar-refractivity contribution >= 4 is 12.0 Å². The van der Waals surface area contributed by atoms with Crippen LogP contribution in [0.3, 0.4) is 0 Å². The van der Waals surface area contributed by atoms with Crippen LogP contribution in [-0.2, 0) is 14.3 Å². The minimum atomic E-state index is -0.213. The van der Waals surface area contributed by atoms with Gasteiger partial charge in [0.2, 0.25) is 5.91 Å². The van der Waals surface area contributed by atoms with Crippen LogP contribution in [0.4, 0.5) is 4.39 Å². The summed E-state index contributed by atoms with van der Waals surface area (Å²) in [4.78, 5) is 14.2. The Labute approximate surface area is 159 Å². The number of fused-ring (bicyclic) bond motifs is 1. The van der Waals surface area contributed by atoms with E-state index in [2.05, 4.69) is 16.3 Å². The average molecular weight is 374 g/mol. The summed E-state index contributed by atoms with van der Waals surface area (Å²) in [6.45, 7) is 3.57. The van der Waals surface area contributed by atoms with E-state index in [1.807, 2.05) is 6.08 Å². The molecule has 3 saturated heterocycles. The number of hydrogen-bond acceptors (Lipinski definition) is 4. The maximum absolute atomic E-state index is 13.0. The Morgan fingerprint density at radius 2 is 2.26 bits per heavy atom. The van der Waals surface area contributed by atoms with Gasteiger partial charge in [-0.15, -0.1) is 0 Å². The van der Waals surface area contributed by atoms with Crippen molar-refractivity contribution in [3.05, 3.63) is 41.7 Å². The van der Waals surface area contributed by atoms with Crippen LogP contribution >= 0.6 is 0 Å². The predicted molar refractivity (Wildman–Crippen MR) is 101 cm³/mol. The number of carbonyl (C=O) groups excluding carboxylic acids is 1. The molecule has 0 saturated carbocycles. The molecule has 4 rings (SSSR count). The van der Waals surface area contributed by atoms with Gasteiger partial charge in [-0.2, -0.15) is 0 Å². The van der Waals surface area contributed by atoms with Crippen molar-refractivity contribution in [1.82, 2.24) is 10.2 Å². The molecule has 3 aliphatic heterocycles. The Balaban J connectivity index is 1.33. The average Bonchev–Trinajstić information content (AvgIpc) is 3.30. The quantitative estimate of drug-likeness (QED) is 0.794. The van der Waals surface area contributed by atoms with E-state index in [4.69, 9.17) is 9.47 Å². The smallest absolute Gasteiger partial charge is 0.245 e. The Morgan fingerprint density at radius 1 is 1.44 bits per heavy atom. The number of carbonyl (C=O) groups is 1. The zero-order valence-electron chi connectivity index (χ0n) is 15.7. The van der Waals surface area contributed by atoms with Gasteiger partial charge in [0.25, 0.3) is 0 Å². The summed E-state index contributed by atoms with van der Waals surface area (Å²) < 4.78 is 24.3. The first-order valence-electron chi connectivity index (χ1n) is 9.67. The number of ether oxygens (including phenoxy) is 2. The minimum absolute atomic E-state index is 0.0367. The molecule has 6 heteroatoms. The highest BCUT2D eigenvalue weighted by Gasteiger charge is 2.62. The molecule has 3 aliphatic rings. The molecule has 146 valence electrons. The predicted octanol–water partition coefficient (Wildman–Crippen LogP) is 2.08. The largest absolute Gasteiger partial charge is 0.375 e. The molecule has 27 heavy (non-hydrogen) atoms. The van der Waals surface area contributed by atoms with Gasteiger partial charge in [0.1, 0.15) is 12.4 Å². The van der Waals surface area contributed by atoms with Gasteiger partial charge in [0, 0.05) is 45.1 Å². The van der Waals surface area contributed by atoms with Crippen molar-refractivity contribution in [3.8, 4) is 0 Å². The molecule has 5 nitrogen and oxygen atoms in total. The molecule has 1 spiro atoms. The van der Waals surface area contributed by atoms with Crippen molar-refractivity contribution in [1.29, 1.82) is 0 Å². The molecule has 0 aromatic heterocycles. The number of likely N-dealkylation sites (tertiary alicyclic amines) is 1. The summed E-state index contributed by atoms with van der Waals surface area (Å²) >= 11 is 0. The fourth-order valence-corrected chi connectivity index (χ4v) is 5.02. The molecule has 0 aliphatic carbocycles. The van der Waals surface area contributed by atoms with Crippen LogP contribution in [0.5, 0.6) is 0 Å². The first-order valence-corrected chi connectivity index (χ1v) is 9.67. The minimum Gasteiger partial charge on any atom is -0.375 e. The van der Waals surface area contributed by atoms with Crippen LogP contribution in [0.2, 0.25) is 0 Å². The summed E-state index contributed by atoms with van der Waals surface area (Å²) in [7, 11) is 1.53. The Hall–Kier alpha value is -1.76. The van der Waals surface area contributed by atoms with E-state index in [1.165, 1.54) is 19.2 Å². The van der Waals surface area contributed by atoms with E-state index in [9.17, 15) is 9.18 Å². The third kappa shape index (κ3) is 3.79. The molecule has 3 heterocycles. The third-order valence-electron chi connectivity index (χ3n) is 6.21. The highest BCUT2D eigenvalue weighted by atomic mass is 19.1. The molecule has 3 fully saturated rings. The summed E-state index contributed by atoms with van der Waals surface area (Å²) in [5.41, 5.74) is 0.968. The second kappa shape index (κ2) is 7.70. The number of benzene rings is 1. The van der Waals surface area contributed by atoms with Gasteiger partial charge in [-0.1, -0.05) is 24.3 Å². The van der Waals surface area contributed by atoms with Crippen molar-refractivity contribution in [2.75, 3.05) is 39.9 Å². The molecule has 1 aromatic carbocycles. The van der Waals surface area contributed by atoms with Crippen LogP contribution in [0.25, 0.3) is 6.08 Å². The maximum atomic E-state index is 13.0. The third-order valence-corrected chi connectivity index (χ3v) is 6.21. The fraction of sp³-hybridized carbons (Fsp3) is 0.571. The molecule has 1 aromatic rings. The van der Waals surface area contributed by atoms with Crippen molar-refractivity contribution in [3.63, 3.8) is 0 Å². The van der Waals surface area contributed by atoms with Crippen LogP contribution in [-0.4, -0.2) is 62.4 Å². The molecule has 0 radical (unpaired) electrons. The van der Waals surface area contributed by atoms with E-state index in [0.717, 1.165) is 38.0 Å². The summed E-state index contributed by atoms with van der Waals surface area (Å²) in [6.07, 6.45) is 6.64. The Morgan fingerprint density at radius 3 is 3.04 bits per heavy atom. The molecule has 2 bridgehead atoms. The standard InChI is InChI=1S/C21H27FN2O3/c1-26-13-20(25)23-11-17-18-12-24(14-21(18)9-8-19(17)27-21)10-2-3-15-4-6-16(22)7-5-15/h2-7,17-19H,8-14H2,1H3,(H,23,25)/b3-2+/t17-,18+,19+,21+/m0/s1. The highest BCUT2D eigenvalue weighted by molar-refractivity contribution is 5.77. The van der Waals surface area contributed by atoms with Crippen LogP contribution in [0.1, 0.15) is 18.4 Å². The van der Waals surface area contributed by atoms with Crippen LogP contribution in [0, 0.1) is 17.7 Å². The fourth-order valence-electron chi connectivity index (χ4n) is 5.02. The summed E-state index contributed by atoms with van der Waals surface area (Å²) in [5, 5.41) is 3.00. The lowest BCUT2D eigenvalue weighted by Crippen LogP contribution is -2.42. The van der Waals surface area contributed by atoms with Gasteiger partial charge in [0.05, 0.1) is 11.7 Å². The van der Waals surface area contributed by atoms with E-state index in [1.54, 1.807) is 12.1 Å². The number of methoxy groups -OCH3 is 1. The first kappa shape index (κ1) is 18.6. The number of rotatable bonds is 7. The lowest BCUT2D eigenvalue weighted by molar-refractivity contribution is -0.125. The molecule has 0 unspecified atom stereocenters. The van der Waals surface area contributed by atoms with E-state index >= 15 is 0 Å². The molecular weight excluding hydrogens is 347 g/mol. The van der Waals surface area contributed by atoms with Crippen molar-refractivity contribution in [2.24, 2.45) is 11.8 Å². The molecule has 1 N–H and O–H groups in total. The molecule has 1 amide bonds. The van der Waals surface area contributed by atoms with Crippen LogP contribution < -0.4 is 5.32 Å². The van der Waals surface area contributed by atoms with Crippen molar-refractivity contribution in [2.45, 2.75) is 24.5 Å². The van der Waals surface area contributed by atoms with E-state index in [0.29, 0.717) is 18.4 Å². The lowest BCUT2D eigenvalue weighted by atomic mass is 9.73. The highest BCUT2D eigenvalue weighted by Crippen LogP contribution is 2.54. The monoisotopic (exact) mass is 374 g/mol. The summed E-state index contributed by atoms with van der Waals surface area (Å²) in [5.74, 6) is 0.575. The Kier molecular flexibility index (Phi) is 5.30.